The van der Waals surface area contributed by atoms with Crippen molar-refractivity contribution in [1.82, 2.24) is 10.6 Å². The van der Waals surface area contributed by atoms with Gasteiger partial charge in [-0.05, 0) is 63.4 Å². The number of nitrogens with one attached hydrogen (secondary N) is 2. The van der Waals surface area contributed by atoms with Gasteiger partial charge in [-0.15, -0.1) is 0 Å². The first-order valence-corrected chi connectivity index (χ1v) is 7.35. The molecule has 0 bridgehead atoms. The minimum Gasteiger partial charge on any atom is -0.496 e. The third-order valence-electron chi connectivity index (χ3n) is 3.93. The molecule has 3 heteroatoms. The molecule has 1 fully saturated rings. The standard InChI is InChI=1S/C16H26N2O/c1-13(18-12-14-7-9-17-10-8-14)11-15-5-3-4-6-16(15)19-2/h3-6,13-14,17-18H,7-12H2,1-2H3. The molecular weight excluding hydrogens is 236 g/mol. The van der Waals surface area contributed by atoms with Crippen molar-refractivity contribution in [2.45, 2.75) is 32.2 Å². The topological polar surface area (TPSA) is 33.3 Å². The summed E-state index contributed by atoms with van der Waals surface area (Å²) in [7, 11) is 1.74. The maximum absolute atomic E-state index is 5.40. The molecule has 1 saturated heterocycles. The monoisotopic (exact) mass is 262 g/mol. The van der Waals surface area contributed by atoms with Crippen LogP contribution in [0.25, 0.3) is 0 Å². The summed E-state index contributed by atoms with van der Waals surface area (Å²) in [5, 5.41) is 7.08. The Bertz CT molecular complexity index is 375. The van der Waals surface area contributed by atoms with Crippen LogP contribution in [-0.2, 0) is 6.42 Å². The van der Waals surface area contributed by atoms with Crippen molar-refractivity contribution in [2.75, 3.05) is 26.7 Å². The molecule has 106 valence electrons. The molecule has 1 unspecified atom stereocenters. The lowest BCUT2D eigenvalue weighted by molar-refractivity contribution is 0.341. The molecule has 0 radical (unpaired) electrons. The molecule has 2 N–H and O–H groups in total. The molecular formula is C16H26N2O. The van der Waals surface area contributed by atoms with Crippen LogP contribution in [0.4, 0.5) is 0 Å². The van der Waals surface area contributed by atoms with Crippen molar-refractivity contribution in [1.29, 1.82) is 0 Å². The summed E-state index contributed by atoms with van der Waals surface area (Å²) < 4.78 is 5.40. The van der Waals surface area contributed by atoms with Crippen LogP contribution in [0.1, 0.15) is 25.3 Å². The van der Waals surface area contributed by atoms with E-state index in [0.717, 1.165) is 24.6 Å². The van der Waals surface area contributed by atoms with Crippen molar-refractivity contribution in [3.05, 3.63) is 29.8 Å². The normalized spacial score (nSPS) is 18.2. The average molecular weight is 262 g/mol. The van der Waals surface area contributed by atoms with Gasteiger partial charge in [0.15, 0.2) is 0 Å². The second kappa shape index (κ2) is 7.51. The quantitative estimate of drug-likeness (QED) is 0.824. The molecule has 0 aliphatic carbocycles. The van der Waals surface area contributed by atoms with Gasteiger partial charge >= 0.3 is 0 Å². The Balaban J connectivity index is 1.78. The van der Waals surface area contributed by atoms with E-state index in [1.165, 1.54) is 31.5 Å². The number of ether oxygens (including phenoxy) is 1. The number of para-hydroxylation sites is 1. The van der Waals surface area contributed by atoms with Gasteiger partial charge in [-0.2, -0.15) is 0 Å². The Morgan fingerprint density at radius 2 is 2.05 bits per heavy atom. The van der Waals surface area contributed by atoms with Gasteiger partial charge in [0, 0.05) is 6.04 Å². The molecule has 1 aliphatic heterocycles. The van der Waals surface area contributed by atoms with E-state index in [1.807, 2.05) is 12.1 Å². The molecule has 1 aromatic carbocycles. The zero-order chi connectivity index (χ0) is 13.5. The van der Waals surface area contributed by atoms with E-state index < -0.39 is 0 Å². The first kappa shape index (κ1) is 14.4. The first-order valence-electron chi connectivity index (χ1n) is 7.35. The summed E-state index contributed by atoms with van der Waals surface area (Å²) in [5.41, 5.74) is 1.29. The van der Waals surface area contributed by atoms with E-state index in [1.54, 1.807) is 7.11 Å². The van der Waals surface area contributed by atoms with Crippen LogP contribution in [0.5, 0.6) is 5.75 Å². The molecule has 19 heavy (non-hydrogen) atoms. The Kier molecular flexibility index (Phi) is 5.67. The Labute approximate surface area is 116 Å². The van der Waals surface area contributed by atoms with E-state index >= 15 is 0 Å². The van der Waals surface area contributed by atoms with Crippen molar-refractivity contribution in [3.63, 3.8) is 0 Å². The van der Waals surface area contributed by atoms with Gasteiger partial charge in [0.2, 0.25) is 0 Å². The van der Waals surface area contributed by atoms with Crippen LogP contribution in [0.2, 0.25) is 0 Å². The molecule has 2 rings (SSSR count). The van der Waals surface area contributed by atoms with Gasteiger partial charge in [-0.3, -0.25) is 0 Å². The molecule has 1 heterocycles. The number of hydrogen-bond acceptors (Lipinski definition) is 3. The minimum absolute atomic E-state index is 0.492. The largest absolute Gasteiger partial charge is 0.496 e. The van der Waals surface area contributed by atoms with Gasteiger partial charge in [0.25, 0.3) is 0 Å². The SMILES string of the molecule is COc1ccccc1CC(C)NCC1CCNCC1. The third kappa shape index (κ3) is 4.51. The second-order valence-electron chi connectivity index (χ2n) is 5.52. The number of hydrogen-bond donors (Lipinski definition) is 2. The van der Waals surface area contributed by atoms with Crippen molar-refractivity contribution in [2.24, 2.45) is 5.92 Å². The summed E-state index contributed by atoms with van der Waals surface area (Å²) in [6.07, 6.45) is 3.62. The van der Waals surface area contributed by atoms with Crippen LogP contribution in [0.15, 0.2) is 24.3 Å². The Hall–Kier alpha value is -1.06. The maximum atomic E-state index is 5.40. The molecule has 1 atom stereocenters. The van der Waals surface area contributed by atoms with E-state index in [9.17, 15) is 0 Å². The molecule has 0 aromatic heterocycles. The third-order valence-corrected chi connectivity index (χ3v) is 3.93. The van der Waals surface area contributed by atoms with Crippen molar-refractivity contribution < 1.29 is 4.74 Å². The fourth-order valence-corrected chi connectivity index (χ4v) is 2.73. The van der Waals surface area contributed by atoms with Crippen LogP contribution in [0, 0.1) is 5.92 Å². The fraction of sp³-hybridized carbons (Fsp3) is 0.625. The van der Waals surface area contributed by atoms with E-state index in [0.29, 0.717) is 6.04 Å². The predicted molar refractivity (Wildman–Crippen MR) is 79.8 cm³/mol. The van der Waals surface area contributed by atoms with Crippen LogP contribution in [-0.4, -0.2) is 32.8 Å². The lowest BCUT2D eigenvalue weighted by atomic mass is 9.97. The number of methoxy groups -OCH3 is 1. The van der Waals surface area contributed by atoms with Crippen LogP contribution >= 0.6 is 0 Å². The first-order chi connectivity index (χ1) is 9.29. The highest BCUT2D eigenvalue weighted by atomic mass is 16.5. The van der Waals surface area contributed by atoms with Gasteiger partial charge in [0.05, 0.1) is 7.11 Å². The van der Waals surface area contributed by atoms with Crippen molar-refractivity contribution >= 4 is 0 Å². The number of piperidine rings is 1. The highest BCUT2D eigenvalue weighted by molar-refractivity contribution is 5.33. The Morgan fingerprint density at radius 3 is 2.79 bits per heavy atom. The van der Waals surface area contributed by atoms with Gasteiger partial charge < -0.3 is 15.4 Å². The van der Waals surface area contributed by atoms with E-state index in [4.69, 9.17) is 4.74 Å². The average Bonchev–Trinajstić information content (AvgIpc) is 2.47. The lowest BCUT2D eigenvalue weighted by Gasteiger charge is -2.25. The molecule has 3 nitrogen and oxygen atoms in total. The smallest absolute Gasteiger partial charge is 0.122 e. The number of rotatable bonds is 6. The highest BCUT2D eigenvalue weighted by Gasteiger charge is 2.14. The van der Waals surface area contributed by atoms with Gasteiger partial charge in [0.1, 0.15) is 5.75 Å². The molecule has 1 aliphatic rings. The Morgan fingerprint density at radius 1 is 1.32 bits per heavy atom. The molecule has 0 amide bonds. The number of benzene rings is 1. The zero-order valence-electron chi connectivity index (χ0n) is 12.1. The van der Waals surface area contributed by atoms with Crippen LogP contribution < -0.4 is 15.4 Å². The van der Waals surface area contributed by atoms with E-state index in [-0.39, 0.29) is 0 Å². The summed E-state index contributed by atoms with van der Waals surface area (Å²) in [5.74, 6) is 1.83. The predicted octanol–water partition coefficient (Wildman–Crippen LogP) is 2.22. The molecule has 1 aromatic rings. The summed E-state index contributed by atoms with van der Waals surface area (Å²) >= 11 is 0. The zero-order valence-corrected chi connectivity index (χ0v) is 12.1. The van der Waals surface area contributed by atoms with Crippen molar-refractivity contribution in [3.8, 4) is 5.75 Å². The lowest BCUT2D eigenvalue weighted by Crippen LogP contribution is -2.37. The summed E-state index contributed by atoms with van der Waals surface area (Å²) in [4.78, 5) is 0. The fourth-order valence-electron chi connectivity index (χ4n) is 2.73. The highest BCUT2D eigenvalue weighted by Crippen LogP contribution is 2.19. The second-order valence-corrected chi connectivity index (χ2v) is 5.52. The molecule has 0 spiro atoms. The van der Waals surface area contributed by atoms with Crippen LogP contribution in [0.3, 0.4) is 0 Å². The van der Waals surface area contributed by atoms with Gasteiger partial charge in [-0.25, -0.2) is 0 Å². The summed E-state index contributed by atoms with van der Waals surface area (Å²) in [6.45, 7) is 5.74. The minimum atomic E-state index is 0.492. The maximum Gasteiger partial charge on any atom is 0.122 e. The summed E-state index contributed by atoms with van der Waals surface area (Å²) in [6, 6.07) is 8.79. The molecule has 0 saturated carbocycles. The van der Waals surface area contributed by atoms with Gasteiger partial charge in [-0.1, -0.05) is 18.2 Å². The van der Waals surface area contributed by atoms with E-state index in [2.05, 4.69) is 29.7 Å².